The number of carbonyl (C=O) groups excluding carboxylic acids is 2. The highest BCUT2D eigenvalue weighted by atomic mass is 35.5. The Morgan fingerprint density at radius 1 is 0.844 bits per heavy atom. The number of hydrogen-bond donors (Lipinski definition) is 0. The maximum absolute atomic E-state index is 14.6. The van der Waals surface area contributed by atoms with E-state index in [1.807, 2.05) is 19.9 Å². The lowest BCUT2D eigenvalue weighted by Crippen LogP contribution is -2.49. The molecule has 20 heteroatoms. The van der Waals surface area contributed by atoms with Gasteiger partial charge in [-0.2, -0.15) is 0 Å². The van der Waals surface area contributed by atoms with E-state index in [1.165, 1.54) is 29.8 Å². The van der Waals surface area contributed by atoms with E-state index in [9.17, 15) is 14.0 Å². The topological polar surface area (TPSA) is 160 Å². The first-order valence-electron chi connectivity index (χ1n) is 25.4. The van der Waals surface area contributed by atoms with Gasteiger partial charge in [-0.05, 0) is 125 Å². The molecule has 3 aromatic heterocycles. The van der Waals surface area contributed by atoms with Gasteiger partial charge in [-0.25, -0.2) is 33.9 Å². The highest BCUT2D eigenvalue weighted by Gasteiger charge is 2.34. The number of morpholine rings is 1. The third-order valence-corrected chi connectivity index (χ3v) is 15.5. The number of esters is 1. The molecule has 0 N–H and O–H groups in total. The lowest BCUT2D eigenvalue weighted by atomic mass is 9.92. The number of carbonyl (C=O) groups is 2. The molecule has 16 nitrogen and oxygen atoms in total. The quantitative estimate of drug-likeness (QED) is 0.126. The van der Waals surface area contributed by atoms with E-state index in [0.29, 0.717) is 127 Å². The lowest BCUT2D eigenvalue weighted by Gasteiger charge is -2.35. The van der Waals surface area contributed by atoms with Gasteiger partial charge in [0, 0.05) is 80.0 Å². The normalized spacial score (nSPS) is 17.5. The molecule has 0 saturated carbocycles. The molecule has 0 unspecified atom stereocenters. The molecule has 4 aromatic carbocycles. The third kappa shape index (κ3) is 12.4. The van der Waals surface area contributed by atoms with Crippen molar-refractivity contribution in [2.45, 2.75) is 65.5 Å². The average molecular weight is 1110 g/mol. The van der Waals surface area contributed by atoms with E-state index in [1.54, 1.807) is 86.5 Å². The second-order valence-electron chi connectivity index (χ2n) is 20.2. The summed E-state index contributed by atoms with van der Waals surface area (Å²) in [4.78, 5) is 53.6. The number of ether oxygens (including phenoxy) is 7. The monoisotopic (exact) mass is 1110 g/mol. The summed E-state index contributed by atoms with van der Waals surface area (Å²) in [6, 6.07) is 20.3. The van der Waals surface area contributed by atoms with Crippen LogP contribution in [0.3, 0.4) is 0 Å². The summed E-state index contributed by atoms with van der Waals surface area (Å²) in [5, 5.41) is 1.10. The number of halogens is 3. The standard InChI is InChI=1S/C57H58Cl2FN7O9S/c1-33-45-34(2)49(59)50(48(33)58)73-42(29-66-21-19-65(6)20-22-66)31-71-41-15-16-43(72-30-39-17-18-61-52(64-39)36-9-13-40(14-10-36)74-56(69)67-23-25-70-26-24-67)37(27-41)28-44(55(68)76-57(3,4)5)75-53-47-46(45)51(77-54(47)63-32-62-53)35-7-11-38(60)12-8-35/h7-18,27,32,42,44H,19-26,28-31H2,1-6H3/t42-,44-/m1/s1. The van der Waals surface area contributed by atoms with Crippen LogP contribution in [0.4, 0.5) is 9.18 Å². The van der Waals surface area contributed by atoms with Gasteiger partial charge in [0.05, 0.1) is 34.3 Å². The molecule has 4 bridgehead atoms. The molecule has 77 heavy (non-hydrogen) atoms. The molecule has 2 saturated heterocycles. The fourth-order valence-corrected chi connectivity index (χ4v) is 11.1. The van der Waals surface area contributed by atoms with Gasteiger partial charge in [0.2, 0.25) is 12.0 Å². The number of aromatic nitrogens is 4. The first kappa shape index (κ1) is 53.7. The van der Waals surface area contributed by atoms with Crippen molar-refractivity contribution >= 4 is 56.8 Å². The fourth-order valence-electron chi connectivity index (χ4n) is 9.43. The van der Waals surface area contributed by atoms with Crippen LogP contribution in [0.5, 0.6) is 28.9 Å². The van der Waals surface area contributed by atoms with Crippen molar-refractivity contribution in [1.82, 2.24) is 34.6 Å². The molecule has 402 valence electrons. The minimum Gasteiger partial charge on any atom is -0.490 e. The highest BCUT2D eigenvalue weighted by molar-refractivity contribution is 7.22. The van der Waals surface area contributed by atoms with Gasteiger partial charge in [-0.1, -0.05) is 35.3 Å². The van der Waals surface area contributed by atoms with E-state index in [4.69, 9.17) is 71.3 Å². The third-order valence-electron chi connectivity index (χ3n) is 13.4. The van der Waals surface area contributed by atoms with Crippen LogP contribution in [0, 0.1) is 19.7 Å². The molecule has 0 spiro atoms. The number of hydrogen-bond acceptors (Lipinski definition) is 16. The summed E-state index contributed by atoms with van der Waals surface area (Å²) in [5.41, 5.74) is 4.28. The summed E-state index contributed by atoms with van der Waals surface area (Å²) in [6.07, 6.45) is 0.697. The molecular weight excluding hydrogens is 1050 g/mol. The number of rotatable bonds is 9. The van der Waals surface area contributed by atoms with Crippen LogP contribution in [-0.4, -0.2) is 137 Å². The van der Waals surface area contributed by atoms with E-state index in [-0.39, 0.29) is 25.5 Å². The van der Waals surface area contributed by atoms with Crippen molar-refractivity contribution in [3.8, 4) is 61.8 Å². The second-order valence-corrected chi connectivity index (χ2v) is 21.9. The van der Waals surface area contributed by atoms with Gasteiger partial charge < -0.3 is 43.0 Å². The fraction of sp³-hybridized carbons (Fsp3) is 0.368. The predicted octanol–water partition coefficient (Wildman–Crippen LogP) is 10.7. The first-order chi connectivity index (χ1) is 37.0. The highest BCUT2D eigenvalue weighted by Crippen LogP contribution is 2.53. The van der Waals surface area contributed by atoms with Crippen molar-refractivity contribution in [2.24, 2.45) is 0 Å². The van der Waals surface area contributed by atoms with E-state index in [2.05, 4.69) is 21.8 Å². The van der Waals surface area contributed by atoms with Crippen molar-refractivity contribution in [1.29, 1.82) is 0 Å². The Morgan fingerprint density at radius 2 is 1.56 bits per heavy atom. The minimum atomic E-state index is -1.30. The Hall–Kier alpha value is -6.67. The molecule has 1 amide bonds. The Morgan fingerprint density at radius 3 is 2.27 bits per heavy atom. The van der Waals surface area contributed by atoms with Crippen LogP contribution in [0.1, 0.15) is 43.2 Å². The van der Waals surface area contributed by atoms with Crippen LogP contribution in [0.25, 0.3) is 43.2 Å². The van der Waals surface area contributed by atoms with Gasteiger partial charge in [0.25, 0.3) is 0 Å². The zero-order valence-corrected chi connectivity index (χ0v) is 45.9. The second kappa shape index (κ2) is 23.1. The average Bonchev–Trinajstić information content (AvgIpc) is 3.97. The van der Waals surface area contributed by atoms with Crippen molar-refractivity contribution in [3.05, 3.63) is 124 Å². The van der Waals surface area contributed by atoms with Crippen LogP contribution < -0.4 is 23.7 Å². The van der Waals surface area contributed by atoms with Crippen molar-refractivity contribution in [3.63, 3.8) is 0 Å². The van der Waals surface area contributed by atoms with E-state index in [0.717, 1.165) is 31.1 Å². The van der Waals surface area contributed by atoms with Gasteiger partial charge in [-0.3, -0.25) is 4.90 Å². The van der Waals surface area contributed by atoms with Gasteiger partial charge in [0.1, 0.15) is 59.1 Å². The number of likely N-dealkylation sites (N-methyl/N-ethyl adjacent to an activating group) is 1. The molecule has 7 heterocycles. The zero-order chi connectivity index (χ0) is 54.0. The van der Waals surface area contributed by atoms with Crippen LogP contribution >= 0.6 is 34.5 Å². The summed E-state index contributed by atoms with van der Waals surface area (Å²) in [6.45, 7) is 15.1. The maximum Gasteiger partial charge on any atom is 0.415 e. The molecule has 2 atom stereocenters. The number of amides is 1. The number of benzene rings is 4. The predicted molar refractivity (Wildman–Crippen MR) is 292 cm³/mol. The largest absolute Gasteiger partial charge is 0.490 e. The van der Waals surface area contributed by atoms with Crippen LogP contribution in [-0.2, 0) is 27.3 Å². The first-order valence-corrected chi connectivity index (χ1v) is 27.0. The smallest absolute Gasteiger partial charge is 0.415 e. The van der Waals surface area contributed by atoms with Crippen LogP contribution in [0.2, 0.25) is 10.0 Å². The Labute approximate surface area is 459 Å². The van der Waals surface area contributed by atoms with Gasteiger partial charge in [0.15, 0.2) is 11.6 Å². The summed E-state index contributed by atoms with van der Waals surface area (Å²) >= 11 is 16.2. The van der Waals surface area contributed by atoms with Gasteiger partial charge in [-0.15, -0.1) is 11.3 Å². The maximum atomic E-state index is 14.6. The SMILES string of the molecule is Cc1c(Cl)c2c(Cl)c(C)c1-c1c(-c3ccc(F)cc3)sc3ncnc(c13)O[C@@H](C(=O)OC(C)(C)C)Cc1cc(ccc1OCc1ccnc(-c3ccc(OC(=O)N4CCOCC4)cc3)n1)OC[C@@H](CN1CCN(C)CC1)O2. The Kier molecular flexibility index (Phi) is 16.1. The molecule has 0 radical (unpaired) electrons. The number of piperazine rings is 1. The molecule has 4 aliphatic rings. The van der Waals surface area contributed by atoms with Crippen molar-refractivity contribution in [2.75, 3.05) is 72.7 Å². The molecule has 0 aliphatic carbocycles. The van der Waals surface area contributed by atoms with Crippen molar-refractivity contribution < 1.29 is 47.1 Å². The molecule has 11 rings (SSSR count). The van der Waals surface area contributed by atoms with Gasteiger partial charge >= 0.3 is 12.1 Å². The zero-order valence-electron chi connectivity index (χ0n) is 43.6. The van der Waals surface area contributed by atoms with E-state index >= 15 is 0 Å². The number of fused-ring (bicyclic) bond motifs is 7. The summed E-state index contributed by atoms with van der Waals surface area (Å²) in [5.74, 6) is 1.10. The lowest BCUT2D eigenvalue weighted by molar-refractivity contribution is -0.163. The molecular formula is C57H58Cl2FN7O9S. The van der Waals surface area contributed by atoms with E-state index < -0.39 is 35.7 Å². The summed E-state index contributed by atoms with van der Waals surface area (Å²) < 4.78 is 58.6. The number of nitrogens with zero attached hydrogens (tertiary/aromatic N) is 7. The summed E-state index contributed by atoms with van der Waals surface area (Å²) in [7, 11) is 2.11. The number of thiophene rings is 1. The molecule has 4 aliphatic heterocycles. The molecule has 2 fully saturated rings. The molecule has 7 aromatic rings. The Bertz CT molecular complexity index is 3260. The minimum absolute atomic E-state index is 0.0191. The Balaban J connectivity index is 1.04. The van der Waals surface area contributed by atoms with Crippen LogP contribution in [0.15, 0.2) is 85.3 Å².